The van der Waals surface area contributed by atoms with Crippen molar-refractivity contribution in [2.75, 3.05) is 5.32 Å². The van der Waals surface area contributed by atoms with Gasteiger partial charge >= 0.3 is 0 Å². The standard InChI is InChI=1S/C20H21N3OS/c1-14-6-5-8-18(15(14)2)23-19(24)12-17-13-25-20(22-17)10-9-16-7-3-4-11-21-16/h3-8,11,13H,9-10,12H2,1-2H3,(H,23,24). The Morgan fingerprint density at radius 1 is 1.08 bits per heavy atom. The van der Waals surface area contributed by atoms with Crippen LogP contribution >= 0.6 is 11.3 Å². The van der Waals surface area contributed by atoms with Crippen LogP contribution in [0.25, 0.3) is 0 Å². The first-order valence-corrected chi connectivity index (χ1v) is 9.19. The molecule has 5 heteroatoms. The molecule has 4 nitrogen and oxygen atoms in total. The molecule has 2 heterocycles. The van der Waals surface area contributed by atoms with Gasteiger partial charge in [0.15, 0.2) is 0 Å². The molecule has 0 bridgehead atoms. The zero-order chi connectivity index (χ0) is 17.6. The normalized spacial score (nSPS) is 10.6. The van der Waals surface area contributed by atoms with Gasteiger partial charge < -0.3 is 5.32 Å². The van der Waals surface area contributed by atoms with Crippen molar-refractivity contribution in [2.24, 2.45) is 0 Å². The smallest absolute Gasteiger partial charge is 0.230 e. The van der Waals surface area contributed by atoms with E-state index >= 15 is 0 Å². The molecule has 1 aromatic carbocycles. The fourth-order valence-electron chi connectivity index (χ4n) is 2.57. The Labute approximate surface area is 152 Å². The highest BCUT2D eigenvalue weighted by Crippen LogP contribution is 2.19. The summed E-state index contributed by atoms with van der Waals surface area (Å²) in [6, 6.07) is 11.9. The largest absolute Gasteiger partial charge is 0.325 e. The van der Waals surface area contributed by atoms with Crippen LogP contribution in [0, 0.1) is 13.8 Å². The van der Waals surface area contributed by atoms with Gasteiger partial charge in [-0.05, 0) is 49.6 Å². The Morgan fingerprint density at radius 3 is 2.76 bits per heavy atom. The lowest BCUT2D eigenvalue weighted by Crippen LogP contribution is -2.15. The molecular weight excluding hydrogens is 330 g/mol. The zero-order valence-electron chi connectivity index (χ0n) is 14.5. The maximum atomic E-state index is 12.3. The van der Waals surface area contributed by atoms with Crippen LogP contribution in [0.5, 0.6) is 0 Å². The van der Waals surface area contributed by atoms with Crippen molar-refractivity contribution < 1.29 is 4.79 Å². The molecule has 0 saturated heterocycles. The lowest BCUT2D eigenvalue weighted by molar-refractivity contribution is -0.115. The van der Waals surface area contributed by atoms with E-state index in [1.165, 1.54) is 5.56 Å². The fourth-order valence-corrected chi connectivity index (χ4v) is 3.37. The number of aryl methyl sites for hydroxylation is 3. The molecule has 0 unspecified atom stereocenters. The van der Waals surface area contributed by atoms with E-state index < -0.39 is 0 Å². The number of hydrogen-bond donors (Lipinski definition) is 1. The van der Waals surface area contributed by atoms with E-state index in [9.17, 15) is 4.79 Å². The van der Waals surface area contributed by atoms with Crippen LogP contribution < -0.4 is 5.32 Å². The predicted molar refractivity (Wildman–Crippen MR) is 102 cm³/mol. The highest BCUT2D eigenvalue weighted by atomic mass is 32.1. The number of aromatic nitrogens is 2. The summed E-state index contributed by atoms with van der Waals surface area (Å²) >= 11 is 1.60. The van der Waals surface area contributed by atoms with Gasteiger partial charge in [-0.1, -0.05) is 18.2 Å². The van der Waals surface area contributed by atoms with Gasteiger partial charge in [-0.15, -0.1) is 11.3 Å². The van der Waals surface area contributed by atoms with Crippen LogP contribution in [0.2, 0.25) is 0 Å². The minimum Gasteiger partial charge on any atom is -0.325 e. The lowest BCUT2D eigenvalue weighted by atomic mass is 10.1. The maximum absolute atomic E-state index is 12.3. The fraction of sp³-hybridized carbons (Fsp3) is 0.250. The summed E-state index contributed by atoms with van der Waals surface area (Å²) in [4.78, 5) is 21.2. The van der Waals surface area contributed by atoms with Crippen molar-refractivity contribution in [3.8, 4) is 0 Å². The molecule has 0 fully saturated rings. The summed E-state index contributed by atoms with van der Waals surface area (Å²) in [5, 5.41) is 5.99. The summed E-state index contributed by atoms with van der Waals surface area (Å²) in [5.41, 5.74) is 5.03. The Morgan fingerprint density at radius 2 is 1.96 bits per heavy atom. The molecular formula is C20H21N3OS. The number of benzene rings is 1. The molecule has 0 saturated carbocycles. The first-order valence-electron chi connectivity index (χ1n) is 8.31. The number of pyridine rings is 1. The highest BCUT2D eigenvalue weighted by Gasteiger charge is 2.10. The summed E-state index contributed by atoms with van der Waals surface area (Å²) in [6.45, 7) is 4.06. The molecule has 25 heavy (non-hydrogen) atoms. The second-order valence-electron chi connectivity index (χ2n) is 6.03. The van der Waals surface area contributed by atoms with Crippen molar-refractivity contribution in [2.45, 2.75) is 33.1 Å². The van der Waals surface area contributed by atoms with Gasteiger partial charge in [0.25, 0.3) is 0 Å². The second kappa shape index (κ2) is 8.03. The van der Waals surface area contributed by atoms with E-state index in [0.29, 0.717) is 6.42 Å². The van der Waals surface area contributed by atoms with E-state index in [1.54, 1.807) is 17.5 Å². The molecule has 128 valence electrons. The van der Waals surface area contributed by atoms with Crippen LogP contribution in [-0.4, -0.2) is 15.9 Å². The van der Waals surface area contributed by atoms with Crippen molar-refractivity contribution in [1.29, 1.82) is 0 Å². The van der Waals surface area contributed by atoms with E-state index in [0.717, 1.165) is 40.5 Å². The van der Waals surface area contributed by atoms with Crippen LogP contribution in [0.1, 0.15) is 27.5 Å². The molecule has 0 spiro atoms. The highest BCUT2D eigenvalue weighted by molar-refractivity contribution is 7.09. The third kappa shape index (κ3) is 4.73. The SMILES string of the molecule is Cc1cccc(NC(=O)Cc2csc(CCc3ccccn3)n2)c1C. The molecule has 0 aliphatic rings. The van der Waals surface area contributed by atoms with Crippen molar-refractivity contribution in [3.63, 3.8) is 0 Å². The Hall–Kier alpha value is -2.53. The topological polar surface area (TPSA) is 54.9 Å². The molecule has 1 amide bonds. The lowest BCUT2D eigenvalue weighted by Gasteiger charge is -2.09. The quantitative estimate of drug-likeness (QED) is 0.727. The van der Waals surface area contributed by atoms with Gasteiger partial charge in [0.05, 0.1) is 17.1 Å². The van der Waals surface area contributed by atoms with Crippen molar-refractivity contribution in [1.82, 2.24) is 9.97 Å². The van der Waals surface area contributed by atoms with Gasteiger partial charge in [-0.2, -0.15) is 0 Å². The molecule has 3 rings (SSSR count). The van der Waals surface area contributed by atoms with Gasteiger partial charge in [-0.25, -0.2) is 4.98 Å². The first kappa shape index (κ1) is 17.3. The minimum atomic E-state index is -0.0322. The Balaban J connectivity index is 1.55. The van der Waals surface area contributed by atoms with Crippen molar-refractivity contribution in [3.05, 3.63) is 75.5 Å². The van der Waals surface area contributed by atoms with Gasteiger partial charge in [-0.3, -0.25) is 9.78 Å². The summed E-state index contributed by atoms with van der Waals surface area (Å²) < 4.78 is 0. The van der Waals surface area contributed by atoms with Gasteiger partial charge in [0, 0.05) is 29.4 Å². The number of carbonyl (C=O) groups excluding carboxylic acids is 1. The molecule has 0 aliphatic heterocycles. The number of rotatable bonds is 6. The molecule has 0 atom stereocenters. The second-order valence-corrected chi connectivity index (χ2v) is 6.97. The Kier molecular flexibility index (Phi) is 5.56. The molecule has 2 aromatic heterocycles. The number of hydrogen-bond acceptors (Lipinski definition) is 4. The number of nitrogens with zero attached hydrogens (tertiary/aromatic N) is 2. The van der Waals surface area contributed by atoms with Crippen molar-refractivity contribution >= 4 is 22.9 Å². The van der Waals surface area contributed by atoms with Crippen LogP contribution in [0.15, 0.2) is 48.0 Å². The maximum Gasteiger partial charge on any atom is 0.230 e. The number of thiazole rings is 1. The van der Waals surface area contributed by atoms with E-state index in [1.807, 2.05) is 55.6 Å². The first-order chi connectivity index (χ1) is 12.1. The molecule has 3 aromatic rings. The number of carbonyl (C=O) groups is 1. The number of anilines is 1. The van der Waals surface area contributed by atoms with Gasteiger partial charge in [0.2, 0.25) is 5.91 Å². The van der Waals surface area contributed by atoms with E-state index in [-0.39, 0.29) is 5.91 Å². The average molecular weight is 351 g/mol. The van der Waals surface area contributed by atoms with Gasteiger partial charge in [0.1, 0.15) is 0 Å². The zero-order valence-corrected chi connectivity index (χ0v) is 15.3. The predicted octanol–water partition coefficient (Wildman–Crippen LogP) is 4.12. The third-order valence-electron chi connectivity index (χ3n) is 4.14. The monoisotopic (exact) mass is 351 g/mol. The molecule has 0 aliphatic carbocycles. The summed E-state index contributed by atoms with van der Waals surface area (Å²) in [5.74, 6) is -0.0322. The van der Waals surface area contributed by atoms with E-state index in [2.05, 4.69) is 15.3 Å². The third-order valence-corrected chi connectivity index (χ3v) is 5.10. The van der Waals surface area contributed by atoms with E-state index in [4.69, 9.17) is 0 Å². The number of amides is 1. The summed E-state index contributed by atoms with van der Waals surface area (Å²) in [7, 11) is 0. The number of nitrogens with one attached hydrogen (secondary N) is 1. The molecule has 0 radical (unpaired) electrons. The van der Waals surface area contributed by atoms with Crippen LogP contribution in [0.4, 0.5) is 5.69 Å². The average Bonchev–Trinajstić information content (AvgIpc) is 3.05. The minimum absolute atomic E-state index is 0.0322. The molecule has 1 N–H and O–H groups in total. The summed E-state index contributed by atoms with van der Waals surface area (Å²) in [6.07, 6.45) is 3.82. The Bertz CT molecular complexity index is 858. The van der Waals surface area contributed by atoms with Crippen LogP contribution in [0.3, 0.4) is 0 Å². The van der Waals surface area contributed by atoms with Crippen LogP contribution in [-0.2, 0) is 24.1 Å².